The van der Waals surface area contributed by atoms with Crippen LogP contribution in [0.4, 0.5) is 11.6 Å². The van der Waals surface area contributed by atoms with Crippen LogP contribution < -0.4 is 15.5 Å². The first-order valence-corrected chi connectivity index (χ1v) is 7.24. The fourth-order valence-corrected chi connectivity index (χ4v) is 2.52. The van der Waals surface area contributed by atoms with Crippen LogP contribution in [-0.2, 0) is 0 Å². The van der Waals surface area contributed by atoms with E-state index >= 15 is 0 Å². The molecule has 1 aromatic rings. The number of nitrogens with one attached hydrogen (secondary N) is 2. The summed E-state index contributed by atoms with van der Waals surface area (Å²) in [4.78, 5) is 11.1. The van der Waals surface area contributed by atoms with Gasteiger partial charge in [-0.05, 0) is 33.2 Å². The molecule has 0 saturated carbocycles. The van der Waals surface area contributed by atoms with Gasteiger partial charge in [-0.15, -0.1) is 0 Å². The van der Waals surface area contributed by atoms with Crippen molar-refractivity contribution in [2.75, 3.05) is 30.4 Å². The van der Waals surface area contributed by atoms with E-state index < -0.39 is 0 Å². The summed E-state index contributed by atoms with van der Waals surface area (Å²) in [5, 5.41) is 6.67. The molecule has 0 amide bonds. The number of hydrogen-bond acceptors (Lipinski definition) is 5. The predicted octanol–water partition coefficient (Wildman–Crippen LogP) is 1.88. The minimum absolute atomic E-state index is 0.439. The Morgan fingerprint density at radius 3 is 3.05 bits per heavy atom. The van der Waals surface area contributed by atoms with Gasteiger partial charge in [0.05, 0.1) is 0 Å². The minimum atomic E-state index is 0.439. The van der Waals surface area contributed by atoms with Crippen molar-refractivity contribution in [1.82, 2.24) is 15.3 Å². The first kappa shape index (κ1) is 14.1. The number of rotatable bonds is 6. The summed E-state index contributed by atoms with van der Waals surface area (Å²) in [7, 11) is 2.01. The van der Waals surface area contributed by atoms with Crippen molar-refractivity contribution in [3.8, 4) is 0 Å². The molecule has 19 heavy (non-hydrogen) atoms. The van der Waals surface area contributed by atoms with Gasteiger partial charge in [0.25, 0.3) is 0 Å². The van der Waals surface area contributed by atoms with E-state index in [0.717, 1.165) is 31.1 Å². The maximum absolute atomic E-state index is 4.43. The molecule has 1 aliphatic heterocycles. The van der Waals surface area contributed by atoms with Crippen molar-refractivity contribution in [2.45, 2.75) is 45.2 Å². The van der Waals surface area contributed by atoms with Crippen molar-refractivity contribution in [2.24, 2.45) is 0 Å². The van der Waals surface area contributed by atoms with Crippen LogP contribution in [0.25, 0.3) is 0 Å². The normalized spacial score (nSPS) is 20.6. The molecule has 5 heteroatoms. The SMILES string of the molecule is CCC(C)Nc1cc(N2CCCC2CNC)ncn1. The lowest BCUT2D eigenvalue weighted by Crippen LogP contribution is -2.37. The van der Waals surface area contributed by atoms with E-state index in [9.17, 15) is 0 Å². The second-order valence-electron chi connectivity index (χ2n) is 5.26. The van der Waals surface area contributed by atoms with Crippen LogP contribution in [0.15, 0.2) is 12.4 Å². The zero-order valence-electron chi connectivity index (χ0n) is 12.2. The van der Waals surface area contributed by atoms with E-state index in [2.05, 4.69) is 45.4 Å². The summed E-state index contributed by atoms with van der Waals surface area (Å²) in [6.45, 7) is 6.44. The minimum Gasteiger partial charge on any atom is -0.367 e. The molecular weight excluding hydrogens is 238 g/mol. The molecule has 2 atom stereocenters. The number of anilines is 2. The van der Waals surface area contributed by atoms with Crippen LogP contribution in [0.3, 0.4) is 0 Å². The average molecular weight is 263 g/mol. The molecule has 106 valence electrons. The van der Waals surface area contributed by atoms with E-state index in [4.69, 9.17) is 0 Å². The Balaban J connectivity index is 2.09. The largest absolute Gasteiger partial charge is 0.367 e. The third-order valence-corrected chi connectivity index (χ3v) is 3.77. The molecule has 1 fully saturated rings. The van der Waals surface area contributed by atoms with Crippen molar-refractivity contribution < 1.29 is 0 Å². The van der Waals surface area contributed by atoms with Crippen LogP contribution in [0.2, 0.25) is 0 Å². The van der Waals surface area contributed by atoms with E-state index in [1.54, 1.807) is 6.33 Å². The Morgan fingerprint density at radius 1 is 1.47 bits per heavy atom. The average Bonchev–Trinajstić information content (AvgIpc) is 2.87. The molecule has 0 aliphatic carbocycles. The molecule has 1 saturated heterocycles. The molecular formula is C14H25N5. The lowest BCUT2D eigenvalue weighted by atomic mass is 10.2. The lowest BCUT2D eigenvalue weighted by molar-refractivity contribution is 0.611. The fraction of sp³-hybridized carbons (Fsp3) is 0.714. The molecule has 2 rings (SSSR count). The summed E-state index contributed by atoms with van der Waals surface area (Å²) < 4.78 is 0. The van der Waals surface area contributed by atoms with E-state index in [0.29, 0.717) is 12.1 Å². The van der Waals surface area contributed by atoms with Crippen molar-refractivity contribution in [1.29, 1.82) is 0 Å². The summed E-state index contributed by atoms with van der Waals surface area (Å²) >= 11 is 0. The Kier molecular flexibility index (Phi) is 4.96. The summed E-state index contributed by atoms with van der Waals surface area (Å²) in [5.41, 5.74) is 0. The highest BCUT2D eigenvalue weighted by molar-refractivity contribution is 5.50. The van der Waals surface area contributed by atoms with Gasteiger partial charge in [-0.2, -0.15) is 0 Å². The number of hydrogen-bond donors (Lipinski definition) is 2. The van der Waals surface area contributed by atoms with Crippen LogP contribution in [-0.4, -0.2) is 42.2 Å². The standard InChI is InChI=1S/C14H25N5/c1-4-11(2)18-13-8-14(17-10-16-13)19-7-5-6-12(19)9-15-3/h8,10-12,15H,4-7,9H2,1-3H3,(H,16,17,18). The number of likely N-dealkylation sites (N-methyl/N-ethyl adjacent to an activating group) is 1. The highest BCUT2D eigenvalue weighted by Gasteiger charge is 2.25. The monoisotopic (exact) mass is 263 g/mol. The van der Waals surface area contributed by atoms with Crippen molar-refractivity contribution in [3.05, 3.63) is 12.4 Å². The molecule has 2 N–H and O–H groups in total. The molecule has 0 spiro atoms. The highest BCUT2D eigenvalue weighted by atomic mass is 15.2. The van der Waals surface area contributed by atoms with Crippen LogP contribution >= 0.6 is 0 Å². The highest BCUT2D eigenvalue weighted by Crippen LogP contribution is 2.24. The third-order valence-electron chi connectivity index (χ3n) is 3.77. The molecule has 2 heterocycles. The van der Waals surface area contributed by atoms with Gasteiger partial charge in [0.1, 0.15) is 18.0 Å². The first-order valence-electron chi connectivity index (χ1n) is 7.24. The molecule has 5 nitrogen and oxygen atoms in total. The Labute approximate surface area is 115 Å². The summed E-state index contributed by atoms with van der Waals surface area (Å²) in [6, 6.07) is 3.06. The molecule has 1 aromatic heterocycles. The number of aromatic nitrogens is 2. The maximum Gasteiger partial charge on any atom is 0.134 e. The maximum atomic E-state index is 4.43. The van der Waals surface area contributed by atoms with Gasteiger partial charge in [-0.1, -0.05) is 6.92 Å². The van der Waals surface area contributed by atoms with Crippen LogP contribution in [0.5, 0.6) is 0 Å². The van der Waals surface area contributed by atoms with E-state index in [1.807, 2.05) is 7.05 Å². The van der Waals surface area contributed by atoms with Crippen LogP contribution in [0, 0.1) is 0 Å². The molecule has 2 unspecified atom stereocenters. The second-order valence-corrected chi connectivity index (χ2v) is 5.26. The quantitative estimate of drug-likeness (QED) is 0.820. The Hall–Kier alpha value is -1.36. The predicted molar refractivity (Wildman–Crippen MR) is 79.7 cm³/mol. The first-order chi connectivity index (χ1) is 9.24. The van der Waals surface area contributed by atoms with Crippen molar-refractivity contribution in [3.63, 3.8) is 0 Å². The van der Waals surface area contributed by atoms with Crippen molar-refractivity contribution >= 4 is 11.6 Å². The van der Waals surface area contributed by atoms with Gasteiger partial charge in [-0.3, -0.25) is 0 Å². The molecule has 0 aromatic carbocycles. The fourth-order valence-electron chi connectivity index (χ4n) is 2.52. The topological polar surface area (TPSA) is 53.1 Å². The van der Waals surface area contributed by atoms with E-state index in [-0.39, 0.29) is 0 Å². The van der Waals surface area contributed by atoms with Crippen LogP contribution in [0.1, 0.15) is 33.1 Å². The second kappa shape index (κ2) is 6.70. The van der Waals surface area contributed by atoms with Gasteiger partial charge >= 0.3 is 0 Å². The lowest BCUT2D eigenvalue weighted by Gasteiger charge is -2.26. The van der Waals surface area contributed by atoms with Gasteiger partial charge in [0.2, 0.25) is 0 Å². The molecule has 1 aliphatic rings. The molecule has 0 bridgehead atoms. The van der Waals surface area contributed by atoms with Gasteiger partial charge in [0.15, 0.2) is 0 Å². The summed E-state index contributed by atoms with van der Waals surface area (Å²) in [6.07, 6.45) is 5.23. The summed E-state index contributed by atoms with van der Waals surface area (Å²) in [5.74, 6) is 1.97. The Bertz CT molecular complexity index is 395. The van der Waals surface area contributed by atoms with Gasteiger partial charge < -0.3 is 15.5 Å². The third kappa shape index (κ3) is 3.56. The smallest absolute Gasteiger partial charge is 0.134 e. The van der Waals surface area contributed by atoms with E-state index in [1.165, 1.54) is 12.8 Å². The Morgan fingerprint density at radius 2 is 2.32 bits per heavy atom. The molecule has 0 radical (unpaired) electrons. The van der Waals surface area contributed by atoms with Gasteiger partial charge in [-0.25, -0.2) is 9.97 Å². The zero-order valence-corrected chi connectivity index (χ0v) is 12.2. The van der Waals surface area contributed by atoms with Gasteiger partial charge in [0, 0.05) is 31.2 Å². The zero-order chi connectivity index (χ0) is 13.7. The number of nitrogens with zero attached hydrogens (tertiary/aromatic N) is 3.